The molecule has 14 heteroatoms. The summed E-state index contributed by atoms with van der Waals surface area (Å²) in [4.78, 5) is 30.3. The van der Waals surface area contributed by atoms with Crippen LogP contribution in [0.3, 0.4) is 0 Å². The average molecular weight is 642 g/mol. The van der Waals surface area contributed by atoms with E-state index in [1.165, 1.54) is 12.1 Å². The minimum atomic E-state index is -0.699. The predicted octanol–water partition coefficient (Wildman–Crippen LogP) is 4.82. The quantitative estimate of drug-likeness (QED) is 0.364. The molecule has 3 fully saturated rings. The lowest BCUT2D eigenvalue weighted by molar-refractivity contribution is 0.0504. The van der Waals surface area contributed by atoms with Gasteiger partial charge >= 0.3 is 12.1 Å². The first kappa shape index (κ1) is 31.9. The van der Waals surface area contributed by atoms with E-state index in [1.54, 1.807) is 33.2 Å². The molecule has 0 spiro atoms. The Labute approximate surface area is 266 Å². The van der Waals surface area contributed by atoms with Crippen molar-refractivity contribution in [1.82, 2.24) is 25.4 Å². The Balaban J connectivity index is 1.05. The van der Waals surface area contributed by atoms with E-state index in [9.17, 15) is 13.6 Å². The van der Waals surface area contributed by atoms with Crippen LogP contribution in [-0.4, -0.2) is 83.3 Å². The van der Waals surface area contributed by atoms with Crippen LogP contribution in [0, 0.1) is 17.6 Å². The summed E-state index contributed by atoms with van der Waals surface area (Å²) in [5.41, 5.74) is -0.401. The lowest BCUT2D eigenvalue weighted by atomic mass is 9.92. The van der Waals surface area contributed by atoms with E-state index in [-0.39, 0.29) is 12.0 Å². The number of carbonyl (C=O) groups is 1. The zero-order valence-electron chi connectivity index (χ0n) is 26.6. The van der Waals surface area contributed by atoms with Crippen molar-refractivity contribution in [3.63, 3.8) is 0 Å². The standard InChI is InChI=1S/C32H41F2N7O5/c1-19(20-7-10-40(11-8-20)30-38-28(39-46-30)21-9-12-43-18-21)44-23-14-35-29(36-15-23)41-16-25(24-6-5-22(33)13-26(24)34)27(17-41)37-31(42)45-32(2,3)4/h5-6,13-15,19-21,25,27H,7-12,16-18H2,1-4H3,(H,37,42). The fraction of sp³-hybridized carbons (Fsp3) is 0.594. The number of anilines is 2. The van der Waals surface area contributed by atoms with Gasteiger partial charge in [-0.3, -0.25) is 0 Å². The van der Waals surface area contributed by atoms with Gasteiger partial charge in [0.1, 0.15) is 17.2 Å². The summed E-state index contributed by atoms with van der Waals surface area (Å²) >= 11 is 0. The van der Waals surface area contributed by atoms with Gasteiger partial charge in [-0.05, 0) is 64.5 Å². The Morgan fingerprint density at radius 3 is 2.52 bits per heavy atom. The van der Waals surface area contributed by atoms with E-state index in [0.717, 1.165) is 50.8 Å². The number of ether oxygens (including phenoxy) is 3. The van der Waals surface area contributed by atoms with Crippen molar-refractivity contribution in [1.29, 1.82) is 0 Å². The molecule has 3 aliphatic rings. The predicted molar refractivity (Wildman–Crippen MR) is 164 cm³/mol. The van der Waals surface area contributed by atoms with Gasteiger partial charge in [0, 0.05) is 50.7 Å². The first-order valence-electron chi connectivity index (χ1n) is 15.9. The number of piperidine rings is 1. The Kier molecular flexibility index (Phi) is 9.25. The van der Waals surface area contributed by atoms with Gasteiger partial charge in [0.2, 0.25) is 5.95 Å². The smallest absolute Gasteiger partial charge is 0.407 e. The van der Waals surface area contributed by atoms with Crippen LogP contribution in [-0.2, 0) is 9.47 Å². The maximum Gasteiger partial charge on any atom is 0.407 e. The maximum atomic E-state index is 14.8. The van der Waals surface area contributed by atoms with E-state index >= 15 is 0 Å². The van der Waals surface area contributed by atoms with Crippen molar-refractivity contribution in [3.05, 3.63) is 53.6 Å². The number of hydrogen-bond donors (Lipinski definition) is 1. The second kappa shape index (κ2) is 13.3. The largest absolute Gasteiger partial charge is 0.487 e. The van der Waals surface area contributed by atoms with Crippen LogP contribution in [0.4, 0.5) is 25.5 Å². The molecule has 5 heterocycles. The summed E-state index contributed by atoms with van der Waals surface area (Å²) in [6.45, 7) is 10.9. The van der Waals surface area contributed by atoms with Crippen LogP contribution < -0.4 is 19.9 Å². The zero-order valence-corrected chi connectivity index (χ0v) is 26.6. The Hall–Kier alpha value is -4.07. The molecule has 3 aliphatic heterocycles. The molecule has 1 aromatic carbocycles. The number of hydrogen-bond acceptors (Lipinski definition) is 11. The van der Waals surface area contributed by atoms with E-state index in [2.05, 4.69) is 30.3 Å². The first-order chi connectivity index (χ1) is 22.0. The van der Waals surface area contributed by atoms with Gasteiger partial charge in [-0.2, -0.15) is 4.98 Å². The molecule has 12 nitrogen and oxygen atoms in total. The summed E-state index contributed by atoms with van der Waals surface area (Å²) in [5.74, 6) is 0.393. The lowest BCUT2D eigenvalue weighted by Gasteiger charge is -2.33. The number of rotatable bonds is 8. The molecule has 46 heavy (non-hydrogen) atoms. The maximum absolute atomic E-state index is 14.8. The van der Waals surface area contributed by atoms with Crippen molar-refractivity contribution < 1.29 is 32.3 Å². The molecule has 4 atom stereocenters. The molecular formula is C32H41F2N7O5. The monoisotopic (exact) mass is 641 g/mol. The number of carbonyl (C=O) groups excluding carboxylic acids is 1. The van der Waals surface area contributed by atoms with Crippen LogP contribution in [0.2, 0.25) is 0 Å². The summed E-state index contributed by atoms with van der Waals surface area (Å²) in [7, 11) is 0. The van der Waals surface area contributed by atoms with Gasteiger partial charge in [-0.15, -0.1) is 0 Å². The van der Waals surface area contributed by atoms with Gasteiger partial charge in [0.05, 0.1) is 31.1 Å². The van der Waals surface area contributed by atoms with Gasteiger partial charge < -0.3 is 33.9 Å². The zero-order chi connectivity index (χ0) is 32.4. The van der Waals surface area contributed by atoms with Crippen molar-refractivity contribution in [3.8, 4) is 5.75 Å². The summed E-state index contributed by atoms with van der Waals surface area (Å²) in [6.07, 6.45) is 5.31. The third-order valence-electron chi connectivity index (χ3n) is 8.80. The summed E-state index contributed by atoms with van der Waals surface area (Å²) in [6, 6.07) is 3.53. The number of nitrogens with one attached hydrogen (secondary N) is 1. The van der Waals surface area contributed by atoms with Gasteiger partial charge in [-0.1, -0.05) is 11.2 Å². The molecule has 3 aromatic rings. The van der Waals surface area contributed by atoms with E-state index in [0.29, 0.717) is 48.9 Å². The van der Waals surface area contributed by atoms with E-state index in [4.69, 9.17) is 18.7 Å². The number of amides is 1. The molecule has 0 saturated carbocycles. The highest BCUT2D eigenvalue weighted by molar-refractivity contribution is 5.68. The minimum absolute atomic E-state index is 0.0643. The number of aromatic nitrogens is 4. The highest BCUT2D eigenvalue weighted by atomic mass is 19.1. The SMILES string of the molecule is CC(Oc1cnc(N2CC(NC(=O)OC(C)(C)C)C(c3ccc(F)cc3F)C2)nc1)C1CCN(c2nc(C3CCOC3)no2)CC1. The van der Waals surface area contributed by atoms with E-state index < -0.39 is 35.3 Å². The summed E-state index contributed by atoms with van der Waals surface area (Å²) in [5, 5.41) is 7.03. The molecule has 0 bridgehead atoms. The molecule has 3 saturated heterocycles. The third-order valence-corrected chi connectivity index (χ3v) is 8.80. The van der Waals surface area contributed by atoms with Gasteiger partial charge in [-0.25, -0.2) is 23.5 Å². The number of alkyl carbamates (subject to hydrolysis) is 1. The molecule has 1 amide bonds. The molecule has 248 valence electrons. The molecular weight excluding hydrogens is 600 g/mol. The van der Waals surface area contributed by atoms with Gasteiger partial charge in [0.25, 0.3) is 0 Å². The third kappa shape index (κ3) is 7.48. The van der Waals surface area contributed by atoms with E-state index in [1.807, 2.05) is 11.8 Å². The Morgan fingerprint density at radius 2 is 1.85 bits per heavy atom. The highest BCUT2D eigenvalue weighted by Gasteiger charge is 2.38. The molecule has 0 aliphatic carbocycles. The van der Waals surface area contributed by atoms with Crippen LogP contribution in [0.1, 0.15) is 70.2 Å². The lowest BCUT2D eigenvalue weighted by Crippen LogP contribution is -2.43. The fourth-order valence-corrected chi connectivity index (χ4v) is 6.35. The first-order valence-corrected chi connectivity index (χ1v) is 15.9. The molecule has 1 N–H and O–H groups in total. The number of benzene rings is 1. The highest BCUT2D eigenvalue weighted by Crippen LogP contribution is 2.33. The normalized spacial score (nSPS) is 23.0. The molecule has 2 aromatic heterocycles. The number of halogens is 2. The molecule has 4 unspecified atom stereocenters. The van der Waals surface area contributed by atoms with Crippen molar-refractivity contribution in [2.75, 3.05) is 49.2 Å². The van der Waals surface area contributed by atoms with Crippen molar-refractivity contribution >= 4 is 18.1 Å². The Bertz CT molecular complexity index is 1490. The number of nitrogens with zero attached hydrogens (tertiary/aromatic N) is 6. The topological polar surface area (TPSA) is 128 Å². The molecule has 6 rings (SSSR count). The second-order valence-corrected chi connectivity index (χ2v) is 13.3. The van der Waals surface area contributed by atoms with Crippen molar-refractivity contribution in [2.24, 2.45) is 5.92 Å². The molecule has 0 radical (unpaired) electrons. The summed E-state index contributed by atoms with van der Waals surface area (Å²) < 4.78 is 51.2. The van der Waals surface area contributed by atoms with Crippen LogP contribution >= 0.6 is 0 Å². The minimum Gasteiger partial charge on any atom is -0.487 e. The van der Waals surface area contributed by atoms with Crippen molar-refractivity contribution in [2.45, 2.75) is 76.5 Å². The Morgan fingerprint density at radius 1 is 1.09 bits per heavy atom. The van der Waals surface area contributed by atoms with Gasteiger partial charge in [0.15, 0.2) is 11.6 Å². The second-order valence-electron chi connectivity index (χ2n) is 13.3. The fourth-order valence-electron chi connectivity index (χ4n) is 6.35. The average Bonchev–Trinajstić information content (AvgIpc) is 3.79. The van der Waals surface area contributed by atoms with Crippen LogP contribution in [0.25, 0.3) is 0 Å². The van der Waals surface area contributed by atoms with Crippen LogP contribution in [0.5, 0.6) is 5.75 Å². The van der Waals surface area contributed by atoms with Crippen LogP contribution in [0.15, 0.2) is 35.1 Å².